The molecule has 35 heavy (non-hydrogen) atoms. The van der Waals surface area contributed by atoms with Crippen molar-refractivity contribution >= 4 is 28.8 Å². The van der Waals surface area contributed by atoms with Crippen LogP contribution in [0.4, 0.5) is 10.2 Å². The van der Waals surface area contributed by atoms with Crippen molar-refractivity contribution in [2.24, 2.45) is 0 Å². The molecule has 176 valence electrons. The molecule has 10 heteroatoms. The number of anilines is 1. The van der Waals surface area contributed by atoms with Gasteiger partial charge in [-0.3, -0.25) is 9.59 Å². The van der Waals surface area contributed by atoms with Gasteiger partial charge in [-0.25, -0.2) is 14.5 Å². The van der Waals surface area contributed by atoms with Crippen molar-refractivity contribution in [3.05, 3.63) is 88.6 Å². The molecule has 1 aliphatic heterocycles. The maximum absolute atomic E-state index is 14.7. The molecule has 1 unspecified atom stereocenters. The topological polar surface area (TPSA) is 108 Å². The normalized spacial score (nSPS) is 15.7. The van der Waals surface area contributed by atoms with Crippen LogP contribution < -0.4 is 15.2 Å². The molecule has 5 rings (SSSR count). The molecule has 0 bridgehead atoms. The van der Waals surface area contributed by atoms with Crippen molar-refractivity contribution in [3.8, 4) is 11.6 Å². The number of rotatable bonds is 5. The number of aromatic nitrogens is 3. The lowest BCUT2D eigenvalue weighted by atomic mass is 10.1. The largest absolute Gasteiger partial charge is 0.437 e. The number of carbonyl (C=O) groups is 2. The quantitative estimate of drug-likeness (QED) is 0.444. The fraction of sp³-hybridized carbons (Fsp3) is 0.160. The van der Waals surface area contributed by atoms with E-state index in [1.54, 1.807) is 36.5 Å². The van der Waals surface area contributed by atoms with Crippen LogP contribution in [0.2, 0.25) is 0 Å². The number of aldehydes is 1. The number of fused-ring (bicyclic) bond motifs is 1. The van der Waals surface area contributed by atoms with Crippen LogP contribution in [0.3, 0.4) is 0 Å². The van der Waals surface area contributed by atoms with Gasteiger partial charge in [-0.05, 0) is 42.5 Å². The summed E-state index contributed by atoms with van der Waals surface area (Å²) >= 11 is 0. The van der Waals surface area contributed by atoms with E-state index in [0.717, 1.165) is 6.07 Å². The Bertz CT molecular complexity index is 1460. The first-order valence-corrected chi connectivity index (χ1v) is 10.9. The number of H-pyrrole nitrogens is 1. The molecule has 0 spiro atoms. The number of amides is 1. The Morgan fingerprint density at radius 3 is 2.66 bits per heavy atom. The molecular weight excluding hydrogens is 453 g/mol. The van der Waals surface area contributed by atoms with E-state index >= 15 is 0 Å². The van der Waals surface area contributed by atoms with E-state index in [1.165, 1.54) is 17.0 Å². The smallest absolute Gasteiger partial charge is 0.272 e. The van der Waals surface area contributed by atoms with Gasteiger partial charge in [0.25, 0.3) is 11.5 Å². The number of halogens is 1. The molecule has 3 heterocycles. The predicted molar refractivity (Wildman–Crippen MR) is 126 cm³/mol. The Kier molecular flexibility index (Phi) is 5.92. The minimum Gasteiger partial charge on any atom is -0.437 e. The van der Waals surface area contributed by atoms with Crippen molar-refractivity contribution < 1.29 is 18.7 Å². The minimum atomic E-state index is -0.771. The van der Waals surface area contributed by atoms with Gasteiger partial charge in [0.1, 0.15) is 29.7 Å². The number of ether oxygens (including phenoxy) is 1. The number of hydrogen-bond acceptors (Lipinski definition) is 7. The molecule has 1 atom stereocenters. The van der Waals surface area contributed by atoms with Crippen LogP contribution in [0, 0.1) is 5.82 Å². The average Bonchev–Trinajstić information content (AvgIpc) is 2.91. The van der Waals surface area contributed by atoms with Crippen LogP contribution in [0.1, 0.15) is 10.4 Å². The first kappa shape index (κ1) is 22.2. The van der Waals surface area contributed by atoms with E-state index in [-0.39, 0.29) is 35.8 Å². The molecule has 0 aliphatic carbocycles. The summed E-state index contributed by atoms with van der Waals surface area (Å²) in [4.78, 5) is 44.7. The molecule has 1 amide bonds. The standard InChI is InChI=1S/C25H20FN5O4/c26-21-9-8-17(35-24-19-6-2-1-5-18(19)23(33)28-29-24)13-20(21)25(34)31-12-11-30(14-16(31)15-32)22-7-3-4-10-27-22/h1-10,13,15-16H,11-12,14H2,(H,28,33). The monoisotopic (exact) mass is 473 g/mol. The highest BCUT2D eigenvalue weighted by Crippen LogP contribution is 2.28. The van der Waals surface area contributed by atoms with E-state index in [2.05, 4.69) is 15.2 Å². The molecule has 1 N–H and O–H groups in total. The summed E-state index contributed by atoms with van der Waals surface area (Å²) in [5.74, 6) is -0.383. The Balaban J connectivity index is 1.40. The Hall–Kier alpha value is -4.60. The molecule has 4 aromatic rings. The molecule has 2 aromatic carbocycles. The average molecular weight is 473 g/mol. The minimum absolute atomic E-state index is 0.111. The van der Waals surface area contributed by atoms with Crippen LogP contribution in [-0.2, 0) is 4.79 Å². The second kappa shape index (κ2) is 9.34. The maximum atomic E-state index is 14.7. The summed E-state index contributed by atoms with van der Waals surface area (Å²) in [5.41, 5.74) is -0.595. The number of aromatic amines is 1. The lowest BCUT2D eigenvalue weighted by molar-refractivity contribution is -0.111. The first-order chi connectivity index (χ1) is 17.0. The first-order valence-electron chi connectivity index (χ1n) is 10.9. The second-order valence-electron chi connectivity index (χ2n) is 7.98. The zero-order valence-corrected chi connectivity index (χ0v) is 18.4. The van der Waals surface area contributed by atoms with Crippen LogP contribution in [0.5, 0.6) is 11.6 Å². The van der Waals surface area contributed by atoms with Gasteiger partial charge in [-0.15, -0.1) is 5.10 Å². The summed E-state index contributed by atoms with van der Waals surface area (Å²) in [6.45, 7) is 0.908. The summed E-state index contributed by atoms with van der Waals surface area (Å²) in [7, 11) is 0. The second-order valence-corrected chi connectivity index (χ2v) is 7.98. The predicted octanol–water partition coefficient (Wildman–Crippen LogP) is 2.78. The van der Waals surface area contributed by atoms with E-state index in [1.807, 2.05) is 17.0 Å². The molecule has 0 saturated carbocycles. The van der Waals surface area contributed by atoms with Gasteiger partial charge in [0.2, 0.25) is 5.88 Å². The highest BCUT2D eigenvalue weighted by atomic mass is 19.1. The zero-order chi connectivity index (χ0) is 24.4. The number of pyridine rings is 1. The van der Waals surface area contributed by atoms with Crippen molar-refractivity contribution in [1.82, 2.24) is 20.1 Å². The highest BCUT2D eigenvalue weighted by molar-refractivity contribution is 5.96. The fourth-order valence-corrected chi connectivity index (χ4v) is 4.09. The molecule has 9 nitrogen and oxygen atoms in total. The van der Waals surface area contributed by atoms with Crippen LogP contribution in [0.25, 0.3) is 10.8 Å². The number of nitrogens with zero attached hydrogens (tertiary/aromatic N) is 4. The van der Waals surface area contributed by atoms with E-state index in [4.69, 9.17) is 4.74 Å². The Labute approximate surface area is 198 Å². The zero-order valence-electron chi connectivity index (χ0n) is 18.4. The molecule has 2 aromatic heterocycles. The van der Waals surface area contributed by atoms with Crippen molar-refractivity contribution in [3.63, 3.8) is 0 Å². The van der Waals surface area contributed by atoms with Gasteiger partial charge in [0.05, 0.1) is 16.3 Å². The van der Waals surface area contributed by atoms with Gasteiger partial charge in [0.15, 0.2) is 0 Å². The highest BCUT2D eigenvalue weighted by Gasteiger charge is 2.32. The summed E-state index contributed by atoms with van der Waals surface area (Å²) in [6.07, 6.45) is 2.34. The lowest BCUT2D eigenvalue weighted by Crippen LogP contribution is -2.56. The fourth-order valence-electron chi connectivity index (χ4n) is 4.09. The number of piperazine rings is 1. The van der Waals surface area contributed by atoms with Gasteiger partial charge in [-0.1, -0.05) is 18.2 Å². The number of hydrogen-bond donors (Lipinski definition) is 1. The van der Waals surface area contributed by atoms with Crippen LogP contribution >= 0.6 is 0 Å². The number of nitrogens with one attached hydrogen (secondary N) is 1. The molecular formula is C25H20FN5O4. The molecule has 1 aliphatic rings. The van der Waals surface area contributed by atoms with Gasteiger partial charge in [-0.2, -0.15) is 0 Å². The van der Waals surface area contributed by atoms with Crippen LogP contribution in [0.15, 0.2) is 71.7 Å². The van der Waals surface area contributed by atoms with Crippen LogP contribution in [-0.4, -0.2) is 58.0 Å². The molecule has 1 saturated heterocycles. The summed E-state index contributed by atoms with van der Waals surface area (Å²) in [5, 5.41) is 7.17. The maximum Gasteiger partial charge on any atom is 0.272 e. The van der Waals surface area contributed by atoms with Crippen molar-refractivity contribution in [1.29, 1.82) is 0 Å². The third-order valence-corrected chi connectivity index (χ3v) is 5.85. The molecule has 1 fully saturated rings. The Morgan fingerprint density at radius 2 is 1.89 bits per heavy atom. The number of carbonyl (C=O) groups excluding carboxylic acids is 2. The summed E-state index contributed by atoms with van der Waals surface area (Å²) < 4.78 is 20.5. The number of benzene rings is 2. The van der Waals surface area contributed by atoms with E-state index in [0.29, 0.717) is 29.4 Å². The lowest BCUT2D eigenvalue weighted by Gasteiger charge is -2.39. The SMILES string of the molecule is O=CC1CN(c2ccccn2)CCN1C(=O)c1cc(Oc2n[nH]c(=O)c3ccccc23)ccc1F. The Morgan fingerprint density at radius 1 is 1.09 bits per heavy atom. The third-order valence-electron chi connectivity index (χ3n) is 5.85. The third kappa shape index (κ3) is 4.33. The van der Waals surface area contributed by atoms with Gasteiger partial charge >= 0.3 is 0 Å². The summed E-state index contributed by atoms with van der Waals surface area (Å²) in [6, 6.07) is 15.2. The molecule has 0 radical (unpaired) electrons. The van der Waals surface area contributed by atoms with Crippen molar-refractivity contribution in [2.75, 3.05) is 24.5 Å². The van der Waals surface area contributed by atoms with Gasteiger partial charge in [0, 0.05) is 25.8 Å². The van der Waals surface area contributed by atoms with E-state index in [9.17, 15) is 18.8 Å². The van der Waals surface area contributed by atoms with E-state index < -0.39 is 17.8 Å². The van der Waals surface area contributed by atoms with Crippen molar-refractivity contribution in [2.45, 2.75) is 6.04 Å². The van der Waals surface area contributed by atoms with Gasteiger partial charge < -0.3 is 19.3 Å².